The van der Waals surface area contributed by atoms with Gasteiger partial charge in [-0.3, -0.25) is 10.1 Å². The van der Waals surface area contributed by atoms with Crippen molar-refractivity contribution in [3.63, 3.8) is 0 Å². The number of nitrogens with zero attached hydrogens (tertiary/aromatic N) is 4. The summed E-state index contributed by atoms with van der Waals surface area (Å²) >= 11 is 0. The number of aromatic nitrogens is 3. The lowest BCUT2D eigenvalue weighted by Gasteiger charge is -1.96. The molecule has 0 saturated carbocycles. The van der Waals surface area contributed by atoms with Crippen molar-refractivity contribution in [2.45, 2.75) is 6.42 Å². The van der Waals surface area contributed by atoms with Gasteiger partial charge in [0.2, 0.25) is 5.65 Å². The van der Waals surface area contributed by atoms with Crippen molar-refractivity contribution in [2.75, 3.05) is 0 Å². The minimum Gasteiger partial charge on any atom is -0.508 e. The summed E-state index contributed by atoms with van der Waals surface area (Å²) in [6.45, 7) is 0. The smallest absolute Gasteiger partial charge is 0.313 e. The maximum Gasteiger partial charge on any atom is 0.313 e. The van der Waals surface area contributed by atoms with E-state index in [2.05, 4.69) is 10.1 Å². The number of hydrogen-bond acceptors (Lipinski definition) is 5. The lowest BCUT2D eigenvalue weighted by atomic mass is 10.1. The van der Waals surface area contributed by atoms with Crippen molar-refractivity contribution in [3.8, 4) is 5.75 Å². The molecular weight excluding hydrogens is 260 g/mol. The first-order valence-electron chi connectivity index (χ1n) is 5.90. The summed E-state index contributed by atoms with van der Waals surface area (Å²) < 4.78 is 1.40. The van der Waals surface area contributed by atoms with E-state index in [0.29, 0.717) is 12.2 Å². The molecule has 0 amide bonds. The zero-order valence-electron chi connectivity index (χ0n) is 10.3. The molecule has 3 aromatic rings. The zero-order chi connectivity index (χ0) is 14.1. The summed E-state index contributed by atoms with van der Waals surface area (Å²) in [4.78, 5) is 14.6. The molecule has 1 N–H and O–H groups in total. The maximum atomic E-state index is 10.9. The highest BCUT2D eigenvalue weighted by Gasteiger charge is 2.16. The molecule has 0 saturated heterocycles. The van der Waals surface area contributed by atoms with Crippen LogP contribution < -0.4 is 0 Å². The van der Waals surface area contributed by atoms with Crippen molar-refractivity contribution in [1.82, 2.24) is 14.6 Å². The molecule has 1 aromatic carbocycles. The number of pyridine rings is 1. The zero-order valence-corrected chi connectivity index (χ0v) is 10.3. The van der Waals surface area contributed by atoms with E-state index in [4.69, 9.17) is 0 Å². The second-order valence-electron chi connectivity index (χ2n) is 4.29. The molecule has 2 aromatic heterocycles. The van der Waals surface area contributed by atoms with Crippen LogP contribution in [0.15, 0.2) is 42.6 Å². The molecule has 20 heavy (non-hydrogen) atoms. The number of phenolic OH excluding ortho intramolecular Hbond substituents is 1. The first-order valence-corrected chi connectivity index (χ1v) is 5.90. The summed E-state index contributed by atoms with van der Waals surface area (Å²) in [6, 6.07) is 9.63. The summed E-state index contributed by atoms with van der Waals surface area (Å²) in [7, 11) is 0. The Morgan fingerprint density at radius 3 is 2.70 bits per heavy atom. The van der Waals surface area contributed by atoms with Gasteiger partial charge in [-0.05, 0) is 23.8 Å². The Hall–Kier alpha value is -2.96. The van der Waals surface area contributed by atoms with Gasteiger partial charge in [0.1, 0.15) is 5.75 Å². The molecule has 0 aliphatic carbocycles. The van der Waals surface area contributed by atoms with Crippen LogP contribution in [0.3, 0.4) is 0 Å². The van der Waals surface area contributed by atoms with Crippen LogP contribution in [0.5, 0.6) is 5.75 Å². The molecule has 0 aliphatic rings. The first kappa shape index (κ1) is 12.1. The van der Waals surface area contributed by atoms with E-state index in [1.165, 1.54) is 10.6 Å². The molecule has 0 fully saturated rings. The monoisotopic (exact) mass is 270 g/mol. The van der Waals surface area contributed by atoms with Crippen molar-refractivity contribution in [3.05, 3.63) is 64.1 Å². The van der Waals surface area contributed by atoms with Gasteiger partial charge in [0, 0.05) is 18.7 Å². The summed E-state index contributed by atoms with van der Waals surface area (Å²) in [5.41, 5.74) is 1.07. The third-order valence-electron chi connectivity index (χ3n) is 2.88. The topological polar surface area (TPSA) is 93.6 Å². The Labute approximate surface area is 113 Å². The first-order chi connectivity index (χ1) is 9.63. The Kier molecular flexibility index (Phi) is 2.79. The number of nitro groups is 1. The molecule has 7 nitrogen and oxygen atoms in total. The fourth-order valence-electron chi connectivity index (χ4n) is 1.95. The molecule has 0 atom stereocenters. The highest BCUT2D eigenvalue weighted by Crippen LogP contribution is 2.18. The Morgan fingerprint density at radius 1 is 1.25 bits per heavy atom. The summed E-state index contributed by atoms with van der Waals surface area (Å²) in [5, 5.41) is 24.4. The van der Waals surface area contributed by atoms with Gasteiger partial charge in [-0.1, -0.05) is 12.1 Å². The van der Waals surface area contributed by atoms with E-state index >= 15 is 0 Å². The van der Waals surface area contributed by atoms with Gasteiger partial charge in [0.15, 0.2) is 5.82 Å². The minimum atomic E-state index is -0.478. The molecule has 0 radical (unpaired) electrons. The van der Waals surface area contributed by atoms with Crippen molar-refractivity contribution in [1.29, 1.82) is 0 Å². The van der Waals surface area contributed by atoms with Gasteiger partial charge in [0.05, 0.1) is 4.92 Å². The average Bonchev–Trinajstić information content (AvgIpc) is 2.83. The van der Waals surface area contributed by atoms with Gasteiger partial charge in [-0.2, -0.15) is 5.10 Å². The van der Waals surface area contributed by atoms with Gasteiger partial charge in [0.25, 0.3) is 0 Å². The van der Waals surface area contributed by atoms with Crippen LogP contribution in [0.25, 0.3) is 5.65 Å². The molecular formula is C13H10N4O3. The van der Waals surface area contributed by atoms with Crippen LogP contribution in [-0.4, -0.2) is 24.6 Å². The summed E-state index contributed by atoms with van der Waals surface area (Å²) in [6.07, 6.45) is 2.06. The molecule has 0 spiro atoms. The Bertz CT molecular complexity index is 780. The molecule has 3 rings (SSSR count). The van der Waals surface area contributed by atoms with Crippen LogP contribution in [-0.2, 0) is 6.42 Å². The predicted octanol–water partition coefficient (Wildman–Crippen LogP) is 1.93. The standard InChI is InChI=1S/C13H10N4O3/c18-10-5-3-9(4-6-10)8-12-14-13-11(17(19)20)2-1-7-16(13)15-12/h1-7,18H,8H2. The quantitative estimate of drug-likeness (QED) is 0.579. The van der Waals surface area contributed by atoms with Crippen molar-refractivity contribution >= 4 is 11.3 Å². The second kappa shape index (κ2) is 4.61. The molecule has 0 aliphatic heterocycles. The van der Waals surface area contributed by atoms with Gasteiger partial charge < -0.3 is 5.11 Å². The average molecular weight is 270 g/mol. The van der Waals surface area contributed by atoms with E-state index < -0.39 is 4.92 Å². The van der Waals surface area contributed by atoms with Crippen LogP contribution >= 0.6 is 0 Å². The van der Waals surface area contributed by atoms with Crippen molar-refractivity contribution < 1.29 is 10.0 Å². The number of rotatable bonds is 3. The fourth-order valence-corrected chi connectivity index (χ4v) is 1.95. The second-order valence-corrected chi connectivity index (χ2v) is 4.29. The molecule has 2 heterocycles. The Morgan fingerprint density at radius 2 is 2.00 bits per heavy atom. The van der Waals surface area contributed by atoms with E-state index in [9.17, 15) is 15.2 Å². The maximum absolute atomic E-state index is 10.9. The van der Waals surface area contributed by atoms with Crippen molar-refractivity contribution in [2.24, 2.45) is 0 Å². The summed E-state index contributed by atoms with van der Waals surface area (Å²) in [5.74, 6) is 0.678. The number of benzene rings is 1. The fraction of sp³-hybridized carbons (Fsp3) is 0.0769. The van der Waals surface area contributed by atoms with Crippen LogP contribution in [0.1, 0.15) is 11.4 Å². The Balaban J connectivity index is 1.99. The van der Waals surface area contributed by atoms with Gasteiger partial charge in [-0.25, -0.2) is 9.50 Å². The van der Waals surface area contributed by atoms with Gasteiger partial charge >= 0.3 is 5.69 Å². The van der Waals surface area contributed by atoms with Crippen LogP contribution in [0.4, 0.5) is 5.69 Å². The van der Waals surface area contributed by atoms with E-state index in [-0.39, 0.29) is 17.1 Å². The third-order valence-corrected chi connectivity index (χ3v) is 2.88. The molecule has 0 bridgehead atoms. The number of aromatic hydroxyl groups is 1. The predicted molar refractivity (Wildman–Crippen MR) is 70.6 cm³/mol. The molecule has 100 valence electrons. The highest BCUT2D eigenvalue weighted by molar-refractivity contribution is 5.58. The van der Waals surface area contributed by atoms with Crippen LogP contribution in [0, 0.1) is 10.1 Å². The molecule has 7 heteroatoms. The largest absolute Gasteiger partial charge is 0.508 e. The lowest BCUT2D eigenvalue weighted by molar-refractivity contribution is -0.383. The van der Waals surface area contributed by atoms with Crippen LogP contribution in [0.2, 0.25) is 0 Å². The van der Waals surface area contributed by atoms with E-state index in [1.54, 1.807) is 36.5 Å². The third kappa shape index (κ3) is 2.16. The number of phenols is 1. The number of fused-ring (bicyclic) bond motifs is 1. The molecule has 0 unspecified atom stereocenters. The SMILES string of the molecule is O=[N+]([O-])c1cccn2nc(Cc3ccc(O)cc3)nc12. The lowest BCUT2D eigenvalue weighted by Crippen LogP contribution is -1.93. The normalized spacial score (nSPS) is 10.8. The van der Waals surface area contributed by atoms with E-state index in [1.807, 2.05) is 0 Å². The minimum absolute atomic E-state index is 0.0723. The highest BCUT2D eigenvalue weighted by atomic mass is 16.6. The van der Waals surface area contributed by atoms with E-state index in [0.717, 1.165) is 5.56 Å². The number of hydrogen-bond donors (Lipinski definition) is 1. The van der Waals surface area contributed by atoms with Gasteiger partial charge in [-0.15, -0.1) is 0 Å².